The summed E-state index contributed by atoms with van der Waals surface area (Å²) in [5.74, 6) is -0.691. The number of thiazole rings is 1. The second kappa shape index (κ2) is 10.1. The topological polar surface area (TPSA) is 97.1 Å². The van der Waals surface area contributed by atoms with Crippen molar-refractivity contribution < 1.29 is 9.59 Å². The molecule has 2 amide bonds. The molecule has 6 nitrogen and oxygen atoms in total. The van der Waals surface area contributed by atoms with E-state index in [1.807, 2.05) is 6.92 Å². The standard InChI is InChI=1S/C17H22N4O2S.ClH/c1-3-4-12-5-7-13(8-6-12)16-11(2)24-17(21-16)20-15(23)10-19-14(22)9-18;/h5-8H,3-4,9-10,18H2,1-2H3,(H,19,22)(H,20,21,23);1H. The summed E-state index contributed by atoms with van der Waals surface area (Å²) in [6.07, 6.45) is 2.18. The number of anilines is 1. The molecule has 0 aliphatic rings. The van der Waals surface area contributed by atoms with Crippen molar-refractivity contribution in [3.8, 4) is 11.3 Å². The Balaban J connectivity index is 0.00000312. The highest BCUT2D eigenvalue weighted by Gasteiger charge is 2.12. The smallest absolute Gasteiger partial charge is 0.245 e. The maximum atomic E-state index is 11.8. The summed E-state index contributed by atoms with van der Waals surface area (Å²) < 4.78 is 0. The molecule has 0 fully saturated rings. The molecule has 2 aromatic rings. The van der Waals surface area contributed by atoms with Gasteiger partial charge in [0.1, 0.15) is 0 Å². The van der Waals surface area contributed by atoms with E-state index in [1.54, 1.807) is 0 Å². The van der Waals surface area contributed by atoms with Crippen molar-refractivity contribution in [2.24, 2.45) is 5.73 Å². The van der Waals surface area contributed by atoms with Crippen LogP contribution in [-0.2, 0) is 16.0 Å². The van der Waals surface area contributed by atoms with Gasteiger partial charge in [0.2, 0.25) is 11.8 Å². The van der Waals surface area contributed by atoms with Gasteiger partial charge in [-0.3, -0.25) is 9.59 Å². The van der Waals surface area contributed by atoms with Gasteiger partial charge in [0.15, 0.2) is 5.13 Å². The second-order valence-electron chi connectivity index (χ2n) is 5.40. The first kappa shape index (κ1) is 21.1. The van der Waals surface area contributed by atoms with Gasteiger partial charge in [-0.1, -0.05) is 37.6 Å². The predicted molar refractivity (Wildman–Crippen MR) is 104 cm³/mol. The Kier molecular flexibility index (Phi) is 8.54. The van der Waals surface area contributed by atoms with Gasteiger partial charge in [-0.15, -0.1) is 23.7 Å². The molecule has 1 aromatic heterocycles. The normalized spacial score (nSPS) is 10.0. The van der Waals surface area contributed by atoms with Gasteiger partial charge in [0, 0.05) is 10.4 Å². The van der Waals surface area contributed by atoms with Crippen LogP contribution in [-0.4, -0.2) is 29.9 Å². The van der Waals surface area contributed by atoms with E-state index in [0.29, 0.717) is 5.13 Å². The zero-order chi connectivity index (χ0) is 17.5. The van der Waals surface area contributed by atoms with Gasteiger partial charge < -0.3 is 16.4 Å². The number of nitrogens with zero attached hydrogens (tertiary/aromatic N) is 1. The summed E-state index contributed by atoms with van der Waals surface area (Å²) in [4.78, 5) is 28.4. The van der Waals surface area contributed by atoms with Gasteiger partial charge in [-0.2, -0.15) is 0 Å². The van der Waals surface area contributed by atoms with E-state index >= 15 is 0 Å². The molecule has 0 saturated heterocycles. The monoisotopic (exact) mass is 382 g/mol. The van der Waals surface area contributed by atoms with Gasteiger partial charge >= 0.3 is 0 Å². The summed E-state index contributed by atoms with van der Waals surface area (Å²) in [6, 6.07) is 8.33. The largest absolute Gasteiger partial charge is 0.346 e. The number of carbonyl (C=O) groups excluding carboxylic acids is 2. The van der Waals surface area contributed by atoms with Crippen LogP contribution in [0.1, 0.15) is 23.8 Å². The SMILES string of the molecule is CCCc1ccc(-c2nc(NC(=O)CNC(=O)CN)sc2C)cc1.Cl. The lowest BCUT2D eigenvalue weighted by Crippen LogP contribution is -2.36. The van der Waals surface area contributed by atoms with Crippen LogP contribution in [0.2, 0.25) is 0 Å². The minimum Gasteiger partial charge on any atom is -0.346 e. The van der Waals surface area contributed by atoms with Crippen molar-refractivity contribution in [3.63, 3.8) is 0 Å². The molecule has 136 valence electrons. The molecule has 8 heteroatoms. The molecular weight excluding hydrogens is 360 g/mol. The van der Waals surface area contributed by atoms with Crippen molar-refractivity contribution in [3.05, 3.63) is 34.7 Å². The number of aryl methyl sites for hydroxylation is 2. The Bertz CT molecular complexity index is 716. The molecule has 0 aliphatic carbocycles. The molecule has 0 spiro atoms. The molecule has 0 aliphatic heterocycles. The number of hydrogen-bond donors (Lipinski definition) is 3. The Morgan fingerprint density at radius 1 is 1.20 bits per heavy atom. The van der Waals surface area contributed by atoms with E-state index in [-0.39, 0.29) is 37.3 Å². The minimum absolute atomic E-state index is 0. The number of benzene rings is 1. The second-order valence-corrected chi connectivity index (χ2v) is 6.60. The van der Waals surface area contributed by atoms with Crippen LogP contribution in [0.5, 0.6) is 0 Å². The third kappa shape index (κ3) is 6.12. The Hall–Kier alpha value is -1.96. The van der Waals surface area contributed by atoms with Crippen molar-refractivity contribution in [1.29, 1.82) is 0 Å². The lowest BCUT2D eigenvalue weighted by Gasteiger charge is -2.03. The first-order valence-electron chi connectivity index (χ1n) is 7.86. The van der Waals surface area contributed by atoms with E-state index in [1.165, 1.54) is 16.9 Å². The number of rotatable bonds is 7. The van der Waals surface area contributed by atoms with Crippen LogP contribution in [0.3, 0.4) is 0 Å². The average molecular weight is 383 g/mol. The number of aromatic nitrogens is 1. The van der Waals surface area contributed by atoms with Crippen LogP contribution in [0.25, 0.3) is 11.3 Å². The number of carbonyl (C=O) groups is 2. The number of nitrogens with two attached hydrogens (primary N) is 1. The van der Waals surface area contributed by atoms with E-state index in [2.05, 4.69) is 46.8 Å². The van der Waals surface area contributed by atoms with E-state index in [0.717, 1.165) is 29.0 Å². The Labute approximate surface area is 157 Å². The predicted octanol–water partition coefficient (Wildman–Crippen LogP) is 2.51. The van der Waals surface area contributed by atoms with E-state index in [9.17, 15) is 9.59 Å². The summed E-state index contributed by atoms with van der Waals surface area (Å²) in [5.41, 5.74) is 8.37. The van der Waals surface area contributed by atoms with Crippen LogP contribution >= 0.6 is 23.7 Å². The Morgan fingerprint density at radius 2 is 1.88 bits per heavy atom. The lowest BCUT2D eigenvalue weighted by molar-refractivity contribution is -0.123. The molecule has 0 radical (unpaired) electrons. The molecule has 25 heavy (non-hydrogen) atoms. The molecule has 2 rings (SSSR count). The molecule has 1 heterocycles. The fraction of sp³-hybridized carbons (Fsp3) is 0.353. The summed E-state index contributed by atoms with van der Waals surface area (Å²) >= 11 is 1.41. The van der Waals surface area contributed by atoms with Crippen molar-refractivity contribution in [2.45, 2.75) is 26.7 Å². The number of halogens is 1. The molecule has 0 saturated carbocycles. The van der Waals surface area contributed by atoms with E-state index in [4.69, 9.17) is 5.73 Å². The van der Waals surface area contributed by atoms with E-state index < -0.39 is 0 Å². The van der Waals surface area contributed by atoms with Gasteiger partial charge in [-0.05, 0) is 18.9 Å². The highest BCUT2D eigenvalue weighted by molar-refractivity contribution is 7.16. The first-order chi connectivity index (χ1) is 11.5. The van der Waals surface area contributed by atoms with Crippen molar-refractivity contribution in [1.82, 2.24) is 10.3 Å². The fourth-order valence-electron chi connectivity index (χ4n) is 2.25. The molecular formula is C17H23ClN4O2S. The first-order valence-corrected chi connectivity index (χ1v) is 8.68. The molecule has 4 N–H and O–H groups in total. The third-order valence-electron chi connectivity index (χ3n) is 3.44. The highest BCUT2D eigenvalue weighted by Crippen LogP contribution is 2.30. The van der Waals surface area contributed by atoms with Crippen molar-refractivity contribution in [2.75, 3.05) is 18.4 Å². The molecule has 0 bridgehead atoms. The molecule has 0 unspecified atom stereocenters. The lowest BCUT2D eigenvalue weighted by atomic mass is 10.1. The van der Waals surface area contributed by atoms with Gasteiger partial charge in [0.05, 0.1) is 18.8 Å². The maximum Gasteiger partial charge on any atom is 0.245 e. The summed E-state index contributed by atoms with van der Waals surface area (Å²) in [7, 11) is 0. The minimum atomic E-state index is -0.367. The third-order valence-corrected chi connectivity index (χ3v) is 4.33. The zero-order valence-corrected chi connectivity index (χ0v) is 15.9. The molecule has 0 atom stereocenters. The van der Waals surface area contributed by atoms with Crippen LogP contribution < -0.4 is 16.4 Å². The average Bonchev–Trinajstić information content (AvgIpc) is 2.94. The fourth-order valence-corrected chi connectivity index (χ4v) is 3.10. The zero-order valence-electron chi connectivity index (χ0n) is 14.3. The summed E-state index contributed by atoms with van der Waals surface area (Å²) in [5, 5.41) is 5.64. The molecule has 1 aromatic carbocycles. The number of nitrogens with one attached hydrogen (secondary N) is 2. The maximum absolute atomic E-state index is 11.8. The van der Waals surface area contributed by atoms with Crippen LogP contribution in [0.4, 0.5) is 5.13 Å². The Morgan fingerprint density at radius 3 is 2.48 bits per heavy atom. The number of hydrogen-bond acceptors (Lipinski definition) is 5. The summed E-state index contributed by atoms with van der Waals surface area (Å²) in [6.45, 7) is 3.87. The van der Waals surface area contributed by atoms with Gasteiger partial charge in [0.25, 0.3) is 0 Å². The quantitative estimate of drug-likeness (QED) is 0.685. The van der Waals surface area contributed by atoms with Gasteiger partial charge in [-0.25, -0.2) is 4.98 Å². The van der Waals surface area contributed by atoms with Crippen molar-refractivity contribution >= 4 is 40.7 Å². The number of amides is 2. The van der Waals surface area contributed by atoms with Crippen LogP contribution in [0, 0.1) is 6.92 Å². The van der Waals surface area contributed by atoms with Crippen LogP contribution in [0.15, 0.2) is 24.3 Å². The highest BCUT2D eigenvalue weighted by atomic mass is 35.5.